The van der Waals surface area contributed by atoms with Gasteiger partial charge in [0.2, 0.25) is 0 Å². The predicted molar refractivity (Wildman–Crippen MR) is 51.4 cm³/mol. The minimum Gasteiger partial charge on any atom is -0.480 e. The second-order valence-corrected chi connectivity index (χ2v) is 3.90. The zero-order valence-electron chi connectivity index (χ0n) is 8.63. The summed E-state index contributed by atoms with van der Waals surface area (Å²) >= 11 is 0. The molecule has 1 heterocycles. The summed E-state index contributed by atoms with van der Waals surface area (Å²) in [7, 11) is 0. The molecule has 1 N–H and O–H groups in total. The van der Waals surface area contributed by atoms with Gasteiger partial charge in [0.1, 0.15) is 0 Å². The Balaban J connectivity index is 2.24. The summed E-state index contributed by atoms with van der Waals surface area (Å²) in [5.41, 5.74) is 0. The summed E-state index contributed by atoms with van der Waals surface area (Å²) in [6, 6.07) is -0.611. The first-order chi connectivity index (χ1) is 7.24. The molecule has 15 heavy (non-hydrogen) atoms. The van der Waals surface area contributed by atoms with E-state index in [4.69, 9.17) is 5.11 Å². The summed E-state index contributed by atoms with van der Waals surface area (Å²) in [5.74, 6) is 0.251. The van der Waals surface area contributed by atoms with Gasteiger partial charge >= 0.3 is 5.97 Å². The van der Waals surface area contributed by atoms with Crippen molar-refractivity contribution in [2.75, 3.05) is 0 Å². The first kappa shape index (κ1) is 10.1. The second-order valence-electron chi connectivity index (χ2n) is 3.90. The molecule has 1 fully saturated rings. The molecule has 1 saturated carbocycles. The standard InChI is InChI=1S/C9H14N4O2/c1-2-3-7(9(14)15)13-8(6-4-5-6)10-11-12-13/h6-7H,2-5H2,1H3,(H,14,15). The number of nitrogens with zero attached hydrogens (tertiary/aromatic N) is 4. The molecule has 0 radical (unpaired) electrons. The summed E-state index contributed by atoms with van der Waals surface area (Å²) in [4.78, 5) is 11.1. The third-order valence-electron chi connectivity index (χ3n) is 2.60. The molecule has 1 aliphatic carbocycles. The topological polar surface area (TPSA) is 80.9 Å². The van der Waals surface area contributed by atoms with Crippen LogP contribution in [0.25, 0.3) is 0 Å². The van der Waals surface area contributed by atoms with Gasteiger partial charge in [-0.05, 0) is 29.7 Å². The Kier molecular flexibility index (Phi) is 2.66. The van der Waals surface area contributed by atoms with Crippen LogP contribution in [0.5, 0.6) is 0 Å². The fourth-order valence-electron chi connectivity index (χ4n) is 1.66. The second kappa shape index (κ2) is 3.96. The van der Waals surface area contributed by atoms with Crippen molar-refractivity contribution in [1.29, 1.82) is 0 Å². The number of carbonyl (C=O) groups is 1. The van der Waals surface area contributed by atoms with E-state index < -0.39 is 12.0 Å². The van der Waals surface area contributed by atoms with E-state index in [0.717, 1.165) is 25.1 Å². The summed E-state index contributed by atoms with van der Waals surface area (Å²) in [5, 5.41) is 20.3. The quantitative estimate of drug-likeness (QED) is 0.783. The van der Waals surface area contributed by atoms with Gasteiger partial charge in [0, 0.05) is 5.92 Å². The molecule has 1 atom stereocenters. The highest BCUT2D eigenvalue weighted by molar-refractivity contribution is 5.71. The van der Waals surface area contributed by atoms with Crippen LogP contribution in [0, 0.1) is 0 Å². The van der Waals surface area contributed by atoms with E-state index >= 15 is 0 Å². The maximum Gasteiger partial charge on any atom is 0.328 e. The number of carboxylic acid groups (broad SMARTS) is 1. The lowest BCUT2D eigenvalue weighted by molar-refractivity contribution is -0.141. The zero-order valence-corrected chi connectivity index (χ0v) is 8.63. The number of aliphatic carboxylic acids is 1. The van der Waals surface area contributed by atoms with E-state index in [1.807, 2.05) is 6.92 Å². The van der Waals surface area contributed by atoms with E-state index in [0.29, 0.717) is 12.3 Å². The van der Waals surface area contributed by atoms with Crippen molar-refractivity contribution in [2.45, 2.75) is 44.6 Å². The fraction of sp³-hybridized carbons (Fsp3) is 0.778. The van der Waals surface area contributed by atoms with Crippen molar-refractivity contribution in [2.24, 2.45) is 0 Å². The Labute approximate surface area is 87.3 Å². The average Bonchev–Trinajstić information content (AvgIpc) is 2.94. The molecule has 1 aromatic heterocycles. The number of aromatic nitrogens is 4. The average molecular weight is 210 g/mol. The molecule has 82 valence electrons. The Hall–Kier alpha value is -1.46. The molecule has 0 bridgehead atoms. The number of carboxylic acids is 1. The normalized spacial score (nSPS) is 17.7. The highest BCUT2D eigenvalue weighted by Gasteiger charge is 2.33. The van der Waals surface area contributed by atoms with Gasteiger partial charge in [-0.2, -0.15) is 0 Å². The van der Waals surface area contributed by atoms with Crippen molar-refractivity contribution in [3.05, 3.63) is 5.82 Å². The molecule has 1 aromatic rings. The monoisotopic (exact) mass is 210 g/mol. The van der Waals surface area contributed by atoms with E-state index in [1.165, 1.54) is 4.68 Å². The maximum absolute atomic E-state index is 11.1. The number of hydrogen-bond donors (Lipinski definition) is 1. The zero-order chi connectivity index (χ0) is 10.8. The molecule has 1 unspecified atom stereocenters. The van der Waals surface area contributed by atoms with Crippen LogP contribution in [0.3, 0.4) is 0 Å². The Morgan fingerprint density at radius 1 is 1.67 bits per heavy atom. The van der Waals surface area contributed by atoms with E-state index in [2.05, 4.69) is 15.5 Å². The van der Waals surface area contributed by atoms with Crippen LogP contribution >= 0.6 is 0 Å². The number of rotatable bonds is 5. The van der Waals surface area contributed by atoms with Crippen molar-refractivity contribution in [3.8, 4) is 0 Å². The Morgan fingerprint density at radius 2 is 2.40 bits per heavy atom. The largest absolute Gasteiger partial charge is 0.480 e. The van der Waals surface area contributed by atoms with Gasteiger partial charge in [-0.15, -0.1) is 5.10 Å². The third kappa shape index (κ3) is 1.98. The van der Waals surface area contributed by atoms with Gasteiger partial charge in [-0.1, -0.05) is 13.3 Å². The van der Waals surface area contributed by atoms with Gasteiger partial charge in [0.15, 0.2) is 11.9 Å². The summed E-state index contributed by atoms with van der Waals surface area (Å²) in [6.45, 7) is 1.96. The molecule has 6 heteroatoms. The predicted octanol–water partition coefficient (Wildman–Crippen LogP) is 0.976. The molecule has 0 saturated heterocycles. The summed E-state index contributed by atoms with van der Waals surface area (Å²) in [6.07, 6.45) is 3.51. The Morgan fingerprint density at radius 3 is 2.93 bits per heavy atom. The minimum atomic E-state index is -0.856. The lowest BCUT2D eigenvalue weighted by Crippen LogP contribution is -2.22. The van der Waals surface area contributed by atoms with Gasteiger partial charge in [-0.25, -0.2) is 9.48 Å². The molecule has 6 nitrogen and oxygen atoms in total. The van der Waals surface area contributed by atoms with E-state index in [1.54, 1.807) is 0 Å². The van der Waals surface area contributed by atoms with Crippen LogP contribution < -0.4 is 0 Å². The molecule has 0 amide bonds. The van der Waals surface area contributed by atoms with Gasteiger partial charge in [0.05, 0.1) is 0 Å². The van der Waals surface area contributed by atoms with Gasteiger partial charge in [-0.3, -0.25) is 0 Å². The minimum absolute atomic E-state index is 0.374. The van der Waals surface area contributed by atoms with Crippen LogP contribution in [0.15, 0.2) is 0 Å². The highest BCUT2D eigenvalue weighted by atomic mass is 16.4. The molecule has 2 rings (SSSR count). The van der Waals surface area contributed by atoms with E-state index in [-0.39, 0.29) is 0 Å². The van der Waals surface area contributed by atoms with Gasteiger partial charge in [0.25, 0.3) is 0 Å². The molecule has 1 aliphatic rings. The lowest BCUT2D eigenvalue weighted by atomic mass is 10.1. The molecule has 0 aromatic carbocycles. The van der Waals surface area contributed by atoms with Crippen LogP contribution in [0.4, 0.5) is 0 Å². The number of hydrogen-bond acceptors (Lipinski definition) is 4. The highest BCUT2D eigenvalue weighted by Crippen LogP contribution is 2.39. The van der Waals surface area contributed by atoms with Crippen molar-refractivity contribution < 1.29 is 9.90 Å². The summed E-state index contributed by atoms with van der Waals surface area (Å²) < 4.78 is 1.48. The first-order valence-corrected chi connectivity index (χ1v) is 5.24. The SMILES string of the molecule is CCCC(C(=O)O)n1nnnc1C1CC1. The molecule has 0 aliphatic heterocycles. The first-order valence-electron chi connectivity index (χ1n) is 5.24. The number of tetrazole rings is 1. The van der Waals surface area contributed by atoms with Crippen molar-refractivity contribution in [3.63, 3.8) is 0 Å². The van der Waals surface area contributed by atoms with Crippen LogP contribution in [0.2, 0.25) is 0 Å². The van der Waals surface area contributed by atoms with Crippen LogP contribution in [-0.4, -0.2) is 31.3 Å². The third-order valence-corrected chi connectivity index (χ3v) is 2.60. The molecular weight excluding hydrogens is 196 g/mol. The van der Waals surface area contributed by atoms with Crippen molar-refractivity contribution >= 4 is 5.97 Å². The van der Waals surface area contributed by atoms with Crippen LogP contribution in [0.1, 0.15) is 50.4 Å². The van der Waals surface area contributed by atoms with Crippen molar-refractivity contribution in [1.82, 2.24) is 20.2 Å². The maximum atomic E-state index is 11.1. The van der Waals surface area contributed by atoms with E-state index in [9.17, 15) is 4.79 Å². The molecular formula is C9H14N4O2. The van der Waals surface area contributed by atoms with Crippen LogP contribution in [-0.2, 0) is 4.79 Å². The molecule has 0 spiro atoms. The van der Waals surface area contributed by atoms with Gasteiger partial charge < -0.3 is 5.11 Å². The lowest BCUT2D eigenvalue weighted by Gasteiger charge is -2.12. The smallest absolute Gasteiger partial charge is 0.328 e. The Bertz CT molecular complexity index is 359. The fourth-order valence-corrected chi connectivity index (χ4v) is 1.66.